The van der Waals surface area contributed by atoms with Gasteiger partial charge in [-0.2, -0.15) is 18.3 Å². The summed E-state index contributed by atoms with van der Waals surface area (Å²) in [5, 5.41) is 3.94. The molecule has 1 N–H and O–H groups in total. The Morgan fingerprint density at radius 2 is 1.74 bits per heavy atom. The minimum Gasteiger partial charge on any atom is -0.318 e. The highest BCUT2D eigenvalue weighted by Crippen LogP contribution is 2.29. The van der Waals surface area contributed by atoms with E-state index in [-0.39, 0.29) is 5.56 Å². The summed E-state index contributed by atoms with van der Waals surface area (Å²) in [6.07, 6.45) is -3.02. The molecule has 0 radical (unpaired) electrons. The van der Waals surface area contributed by atoms with Crippen molar-refractivity contribution in [3.05, 3.63) is 88.2 Å². The molecule has 0 spiro atoms. The first-order valence-electron chi connectivity index (χ1n) is 9.88. The van der Waals surface area contributed by atoms with Crippen molar-refractivity contribution >= 4 is 12.1 Å². The molecule has 31 heavy (non-hydrogen) atoms. The zero-order valence-corrected chi connectivity index (χ0v) is 17.8. The van der Waals surface area contributed by atoms with E-state index >= 15 is 0 Å². The van der Waals surface area contributed by atoms with E-state index in [2.05, 4.69) is 53.2 Å². The van der Waals surface area contributed by atoms with Gasteiger partial charge in [-0.1, -0.05) is 32.0 Å². The number of carbonyl (C=O) groups is 1. The molecule has 3 rings (SSSR count). The fraction of sp³-hybridized carbons (Fsp3) is 0.250. The van der Waals surface area contributed by atoms with Crippen LogP contribution < -0.4 is 5.43 Å². The average molecular weight is 427 g/mol. The summed E-state index contributed by atoms with van der Waals surface area (Å²) >= 11 is 0. The number of carbonyl (C=O) groups excluding carboxylic acids is 1. The van der Waals surface area contributed by atoms with Gasteiger partial charge in [0.2, 0.25) is 0 Å². The number of hydrogen-bond acceptors (Lipinski definition) is 2. The number of nitrogens with zero attached hydrogens (tertiary/aromatic N) is 2. The third kappa shape index (κ3) is 5.05. The summed E-state index contributed by atoms with van der Waals surface area (Å²) in [5.41, 5.74) is 6.32. The smallest absolute Gasteiger partial charge is 0.318 e. The third-order valence-electron chi connectivity index (χ3n) is 5.11. The Hall–Kier alpha value is -3.35. The van der Waals surface area contributed by atoms with Crippen LogP contribution in [0.15, 0.2) is 59.7 Å². The molecule has 0 fully saturated rings. The Bertz CT molecular complexity index is 1110. The number of aryl methyl sites for hydroxylation is 1. The van der Waals surface area contributed by atoms with Gasteiger partial charge in [-0.25, -0.2) is 5.43 Å². The molecule has 7 heteroatoms. The van der Waals surface area contributed by atoms with Gasteiger partial charge >= 0.3 is 6.18 Å². The molecule has 2 aromatic carbocycles. The second-order valence-corrected chi connectivity index (χ2v) is 7.69. The topological polar surface area (TPSA) is 46.4 Å². The highest BCUT2D eigenvalue weighted by atomic mass is 19.4. The highest BCUT2D eigenvalue weighted by molar-refractivity contribution is 5.95. The van der Waals surface area contributed by atoms with Gasteiger partial charge in [0.25, 0.3) is 5.91 Å². The van der Waals surface area contributed by atoms with Gasteiger partial charge in [-0.15, -0.1) is 0 Å². The second kappa shape index (κ2) is 8.79. The molecule has 0 unspecified atom stereocenters. The Morgan fingerprint density at radius 3 is 2.35 bits per heavy atom. The lowest BCUT2D eigenvalue weighted by Crippen LogP contribution is -2.18. The van der Waals surface area contributed by atoms with Crippen LogP contribution in [0.3, 0.4) is 0 Å². The molecule has 0 atom stereocenters. The number of alkyl halides is 3. The van der Waals surface area contributed by atoms with Gasteiger partial charge < -0.3 is 4.57 Å². The molecular weight excluding hydrogens is 403 g/mol. The van der Waals surface area contributed by atoms with Gasteiger partial charge in [0.1, 0.15) is 0 Å². The summed E-state index contributed by atoms with van der Waals surface area (Å²) < 4.78 is 40.6. The van der Waals surface area contributed by atoms with E-state index in [1.807, 2.05) is 19.9 Å². The van der Waals surface area contributed by atoms with E-state index in [9.17, 15) is 18.0 Å². The molecule has 162 valence electrons. The van der Waals surface area contributed by atoms with Crippen LogP contribution >= 0.6 is 0 Å². The van der Waals surface area contributed by atoms with Crippen LogP contribution in [0.4, 0.5) is 13.2 Å². The maximum Gasteiger partial charge on any atom is 0.416 e. The van der Waals surface area contributed by atoms with Crippen molar-refractivity contribution in [1.29, 1.82) is 0 Å². The number of hydrogen-bond donors (Lipinski definition) is 1. The first-order chi connectivity index (χ1) is 14.6. The Kier molecular flexibility index (Phi) is 6.34. The van der Waals surface area contributed by atoms with Crippen molar-refractivity contribution in [3.63, 3.8) is 0 Å². The van der Waals surface area contributed by atoms with Gasteiger partial charge in [0.15, 0.2) is 0 Å². The minimum absolute atomic E-state index is 0.109. The lowest BCUT2D eigenvalue weighted by atomic mass is 10.0. The molecule has 0 aliphatic heterocycles. The Labute approximate surface area is 179 Å². The van der Waals surface area contributed by atoms with Crippen molar-refractivity contribution in [2.45, 2.75) is 39.8 Å². The molecule has 0 aliphatic rings. The predicted molar refractivity (Wildman–Crippen MR) is 116 cm³/mol. The first-order valence-corrected chi connectivity index (χ1v) is 9.88. The van der Waals surface area contributed by atoms with Gasteiger partial charge in [-0.05, 0) is 61.7 Å². The van der Waals surface area contributed by atoms with Gasteiger partial charge in [0, 0.05) is 28.2 Å². The second-order valence-electron chi connectivity index (χ2n) is 7.69. The molecule has 0 saturated heterocycles. The van der Waals surface area contributed by atoms with Crippen molar-refractivity contribution in [1.82, 2.24) is 9.99 Å². The maximum absolute atomic E-state index is 12.8. The minimum atomic E-state index is -4.51. The number of amides is 1. The zero-order chi connectivity index (χ0) is 22.8. The van der Waals surface area contributed by atoms with Crippen molar-refractivity contribution < 1.29 is 18.0 Å². The van der Waals surface area contributed by atoms with Crippen LogP contribution in [0, 0.1) is 13.8 Å². The lowest BCUT2D eigenvalue weighted by molar-refractivity contribution is -0.137. The number of halogens is 3. The van der Waals surface area contributed by atoms with E-state index in [0.717, 1.165) is 34.8 Å². The molecule has 4 nitrogen and oxygen atoms in total. The molecule has 1 amide bonds. The Balaban J connectivity index is 1.76. The highest BCUT2D eigenvalue weighted by Gasteiger charge is 2.30. The zero-order valence-electron chi connectivity index (χ0n) is 17.8. The summed E-state index contributed by atoms with van der Waals surface area (Å²) in [4.78, 5) is 12.2. The van der Waals surface area contributed by atoms with Crippen LogP contribution in [0.25, 0.3) is 5.69 Å². The SMILES string of the molecule is Cc1cc(C=NNC(=O)c2cccc(C(F)(F)F)c2)c(C)n1-c1ccc(C(C)C)cc1. The molecule has 0 bridgehead atoms. The van der Waals surface area contributed by atoms with Crippen molar-refractivity contribution in [2.75, 3.05) is 0 Å². The number of nitrogens with one attached hydrogen (secondary N) is 1. The molecule has 3 aromatic rings. The quantitative estimate of drug-likeness (QED) is 0.394. The maximum atomic E-state index is 12.8. The fourth-order valence-corrected chi connectivity index (χ4v) is 3.39. The third-order valence-corrected chi connectivity index (χ3v) is 5.11. The van der Waals surface area contributed by atoms with Crippen LogP contribution in [0.5, 0.6) is 0 Å². The van der Waals surface area contributed by atoms with E-state index in [1.54, 1.807) is 0 Å². The predicted octanol–water partition coefficient (Wildman–Crippen LogP) is 6.00. The average Bonchev–Trinajstić information content (AvgIpc) is 3.00. The summed E-state index contributed by atoms with van der Waals surface area (Å²) in [7, 11) is 0. The van der Waals surface area contributed by atoms with Crippen LogP contribution in [0.2, 0.25) is 0 Å². The van der Waals surface area contributed by atoms with E-state index < -0.39 is 17.6 Å². The van der Waals surface area contributed by atoms with Crippen LogP contribution in [0.1, 0.15) is 58.2 Å². The molecule has 0 saturated carbocycles. The summed E-state index contributed by atoms with van der Waals surface area (Å²) in [5.74, 6) is -0.260. The monoisotopic (exact) mass is 427 g/mol. The fourth-order valence-electron chi connectivity index (χ4n) is 3.39. The molecule has 1 heterocycles. The van der Waals surface area contributed by atoms with Crippen molar-refractivity contribution in [3.8, 4) is 5.69 Å². The van der Waals surface area contributed by atoms with E-state index in [4.69, 9.17) is 0 Å². The van der Waals surface area contributed by atoms with E-state index in [1.165, 1.54) is 23.9 Å². The summed E-state index contributed by atoms with van der Waals surface area (Å²) in [6, 6.07) is 14.5. The van der Waals surface area contributed by atoms with Gasteiger partial charge in [-0.3, -0.25) is 4.79 Å². The standard InChI is InChI=1S/C24H24F3N3O/c1-15(2)18-8-10-22(11-9-18)30-16(3)12-20(17(30)4)14-28-29-23(31)19-6-5-7-21(13-19)24(25,26)27/h5-15H,1-4H3,(H,29,31). The molecule has 0 aliphatic carbocycles. The largest absolute Gasteiger partial charge is 0.416 e. The molecular formula is C24H24F3N3O. The number of rotatable bonds is 5. The number of hydrazone groups is 1. The lowest BCUT2D eigenvalue weighted by Gasteiger charge is -2.12. The normalized spacial score (nSPS) is 12.0. The number of benzene rings is 2. The molecule has 1 aromatic heterocycles. The Morgan fingerprint density at radius 1 is 1.06 bits per heavy atom. The van der Waals surface area contributed by atoms with Crippen LogP contribution in [-0.2, 0) is 6.18 Å². The van der Waals surface area contributed by atoms with Gasteiger partial charge in [0.05, 0.1) is 11.8 Å². The van der Waals surface area contributed by atoms with Crippen LogP contribution in [-0.4, -0.2) is 16.7 Å². The number of aromatic nitrogens is 1. The first kappa shape index (κ1) is 22.3. The summed E-state index contributed by atoms with van der Waals surface area (Å²) in [6.45, 7) is 8.20. The van der Waals surface area contributed by atoms with Crippen molar-refractivity contribution in [2.24, 2.45) is 5.10 Å². The van der Waals surface area contributed by atoms with E-state index in [0.29, 0.717) is 5.92 Å².